The second-order valence-electron chi connectivity index (χ2n) is 4.96. The monoisotopic (exact) mass is 297 g/mol. The molecule has 4 heteroatoms. The number of benzene rings is 2. The molecule has 0 amide bonds. The maximum Gasteiger partial charge on any atom is 0.258 e. The van der Waals surface area contributed by atoms with Crippen LogP contribution in [0.2, 0.25) is 0 Å². The van der Waals surface area contributed by atoms with Gasteiger partial charge < -0.3 is 4.57 Å². The Morgan fingerprint density at radius 2 is 1.67 bits per heavy atom. The SMILES string of the molecule is Cn1c(-c2ccc([S@](C)=O)cc2)cc2ccccc2c1=O. The van der Waals surface area contributed by atoms with Gasteiger partial charge in [0.2, 0.25) is 0 Å². The number of aromatic nitrogens is 1. The van der Waals surface area contributed by atoms with Crippen LogP contribution in [-0.2, 0) is 17.8 Å². The van der Waals surface area contributed by atoms with Gasteiger partial charge in [0.1, 0.15) is 0 Å². The zero-order chi connectivity index (χ0) is 15.0. The Morgan fingerprint density at radius 3 is 2.33 bits per heavy atom. The summed E-state index contributed by atoms with van der Waals surface area (Å²) in [6.07, 6.45) is 1.65. The third kappa shape index (κ3) is 2.43. The molecule has 1 heterocycles. The van der Waals surface area contributed by atoms with E-state index in [0.29, 0.717) is 0 Å². The average molecular weight is 297 g/mol. The van der Waals surface area contributed by atoms with Crippen LogP contribution in [0.1, 0.15) is 0 Å². The normalized spacial score (nSPS) is 12.5. The first-order valence-electron chi connectivity index (χ1n) is 6.60. The predicted octanol–water partition coefficient (Wildman–Crippen LogP) is 2.94. The molecular weight excluding hydrogens is 282 g/mol. The summed E-state index contributed by atoms with van der Waals surface area (Å²) in [5.41, 5.74) is 1.79. The van der Waals surface area contributed by atoms with Crippen molar-refractivity contribution in [3.63, 3.8) is 0 Å². The van der Waals surface area contributed by atoms with Crippen LogP contribution in [-0.4, -0.2) is 15.0 Å². The zero-order valence-electron chi connectivity index (χ0n) is 11.9. The van der Waals surface area contributed by atoms with Crippen LogP contribution in [0.15, 0.2) is 64.3 Å². The molecule has 21 heavy (non-hydrogen) atoms. The Balaban J connectivity index is 2.22. The lowest BCUT2D eigenvalue weighted by atomic mass is 10.1. The maximum absolute atomic E-state index is 12.4. The lowest BCUT2D eigenvalue weighted by Crippen LogP contribution is -2.18. The Kier molecular flexibility index (Phi) is 3.47. The summed E-state index contributed by atoms with van der Waals surface area (Å²) in [5, 5.41) is 1.65. The molecule has 1 aromatic heterocycles. The number of hydrogen-bond donors (Lipinski definition) is 0. The van der Waals surface area contributed by atoms with E-state index in [-0.39, 0.29) is 5.56 Å². The van der Waals surface area contributed by atoms with Gasteiger partial charge in [0.15, 0.2) is 0 Å². The molecule has 1 atom stereocenters. The summed E-state index contributed by atoms with van der Waals surface area (Å²) < 4.78 is 13.1. The van der Waals surface area contributed by atoms with Gasteiger partial charge in [-0.25, -0.2) is 0 Å². The number of pyridine rings is 1. The first-order valence-corrected chi connectivity index (χ1v) is 8.16. The van der Waals surface area contributed by atoms with Crippen LogP contribution in [0.3, 0.4) is 0 Å². The summed E-state index contributed by atoms with van der Waals surface area (Å²) in [4.78, 5) is 13.2. The van der Waals surface area contributed by atoms with Crippen LogP contribution >= 0.6 is 0 Å². The van der Waals surface area contributed by atoms with Gasteiger partial charge in [-0.3, -0.25) is 9.00 Å². The van der Waals surface area contributed by atoms with E-state index < -0.39 is 10.8 Å². The van der Waals surface area contributed by atoms with Gasteiger partial charge in [0.05, 0.1) is 5.69 Å². The molecule has 0 aliphatic rings. The fourth-order valence-corrected chi connectivity index (χ4v) is 2.97. The van der Waals surface area contributed by atoms with Crippen LogP contribution in [0, 0.1) is 0 Å². The van der Waals surface area contributed by atoms with Crippen LogP contribution in [0.25, 0.3) is 22.0 Å². The number of rotatable bonds is 2. The van der Waals surface area contributed by atoms with Gasteiger partial charge in [-0.2, -0.15) is 0 Å². The molecule has 0 bridgehead atoms. The zero-order valence-corrected chi connectivity index (χ0v) is 12.7. The molecule has 0 N–H and O–H groups in total. The molecular formula is C17H15NO2S. The highest BCUT2D eigenvalue weighted by Gasteiger charge is 2.08. The summed E-state index contributed by atoms with van der Waals surface area (Å²) in [7, 11) is 0.780. The van der Waals surface area contributed by atoms with Crippen molar-refractivity contribution < 1.29 is 4.21 Å². The highest BCUT2D eigenvalue weighted by molar-refractivity contribution is 7.84. The summed E-state index contributed by atoms with van der Waals surface area (Å²) in [5.74, 6) is 0. The minimum absolute atomic E-state index is 0.00811. The number of nitrogens with zero attached hydrogens (tertiary/aromatic N) is 1. The van der Waals surface area contributed by atoms with Gasteiger partial charge in [-0.15, -0.1) is 0 Å². The van der Waals surface area contributed by atoms with E-state index in [0.717, 1.165) is 26.9 Å². The van der Waals surface area contributed by atoms with E-state index in [4.69, 9.17) is 0 Å². The minimum Gasteiger partial charge on any atom is -0.311 e. The maximum atomic E-state index is 12.4. The van der Waals surface area contributed by atoms with E-state index >= 15 is 0 Å². The van der Waals surface area contributed by atoms with E-state index in [1.165, 1.54) is 0 Å². The standard InChI is InChI=1S/C17H15NO2S/c1-18-16(12-7-9-14(10-8-12)21(2)20)11-13-5-3-4-6-15(13)17(18)19/h3-11H,1-2H3/t21-/m0/s1. The summed E-state index contributed by atoms with van der Waals surface area (Å²) >= 11 is 0. The fraction of sp³-hybridized carbons (Fsp3) is 0.118. The Morgan fingerprint density at radius 1 is 1.00 bits per heavy atom. The van der Waals surface area contributed by atoms with Crippen molar-refractivity contribution in [1.82, 2.24) is 4.57 Å². The smallest absolute Gasteiger partial charge is 0.258 e. The van der Waals surface area contributed by atoms with E-state index in [1.807, 2.05) is 54.6 Å². The molecule has 0 aliphatic carbocycles. The van der Waals surface area contributed by atoms with Crippen LogP contribution < -0.4 is 5.56 Å². The van der Waals surface area contributed by atoms with E-state index in [1.54, 1.807) is 17.9 Å². The van der Waals surface area contributed by atoms with Crippen molar-refractivity contribution in [3.8, 4) is 11.3 Å². The van der Waals surface area contributed by atoms with Crippen molar-refractivity contribution in [2.45, 2.75) is 4.90 Å². The lowest BCUT2D eigenvalue weighted by molar-refractivity contribution is 0.687. The van der Waals surface area contributed by atoms with Gasteiger partial charge in [-0.1, -0.05) is 30.3 Å². The van der Waals surface area contributed by atoms with Crippen LogP contribution in [0.5, 0.6) is 0 Å². The minimum atomic E-state index is -0.994. The first-order chi connectivity index (χ1) is 10.1. The Hall–Kier alpha value is -2.20. The van der Waals surface area contributed by atoms with Crippen molar-refractivity contribution >= 4 is 21.6 Å². The topological polar surface area (TPSA) is 39.1 Å². The van der Waals surface area contributed by atoms with Gasteiger partial charge in [-0.05, 0) is 35.2 Å². The van der Waals surface area contributed by atoms with Crippen molar-refractivity contribution in [2.75, 3.05) is 6.26 Å². The van der Waals surface area contributed by atoms with E-state index in [9.17, 15) is 9.00 Å². The highest BCUT2D eigenvalue weighted by Crippen LogP contribution is 2.22. The van der Waals surface area contributed by atoms with Gasteiger partial charge in [0.25, 0.3) is 5.56 Å². The first kappa shape index (κ1) is 13.8. The predicted molar refractivity (Wildman–Crippen MR) is 87.0 cm³/mol. The molecule has 0 unspecified atom stereocenters. The molecule has 0 saturated carbocycles. The third-order valence-corrected chi connectivity index (χ3v) is 4.57. The van der Waals surface area contributed by atoms with Gasteiger partial charge >= 0.3 is 0 Å². The number of fused-ring (bicyclic) bond motifs is 1. The van der Waals surface area contributed by atoms with E-state index in [2.05, 4.69) is 0 Å². The summed E-state index contributed by atoms with van der Waals surface area (Å²) in [6.45, 7) is 0. The fourth-order valence-electron chi connectivity index (χ4n) is 2.45. The molecule has 3 aromatic rings. The van der Waals surface area contributed by atoms with Crippen molar-refractivity contribution in [1.29, 1.82) is 0 Å². The molecule has 2 aromatic carbocycles. The van der Waals surface area contributed by atoms with Crippen LogP contribution in [0.4, 0.5) is 0 Å². The second-order valence-corrected chi connectivity index (χ2v) is 6.34. The molecule has 106 valence electrons. The average Bonchev–Trinajstić information content (AvgIpc) is 2.51. The van der Waals surface area contributed by atoms with Gasteiger partial charge in [0, 0.05) is 34.4 Å². The quantitative estimate of drug-likeness (QED) is 0.729. The second kappa shape index (κ2) is 5.30. The van der Waals surface area contributed by atoms with Crippen molar-refractivity contribution in [3.05, 3.63) is 65.0 Å². The largest absolute Gasteiger partial charge is 0.311 e. The molecule has 0 radical (unpaired) electrons. The van der Waals surface area contributed by atoms with Crippen molar-refractivity contribution in [2.24, 2.45) is 7.05 Å². The third-order valence-electron chi connectivity index (χ3n) is 3.63. The summed E-state index contributed by atoms with van der Waals surface area (Å²) in [6, 6.07) is 17.1. The molecule has 0 aliphatic heterocycles. The molecule has 0 saturated heterocycles. The molecule has 0 spiro atoms. The molecule has 0 fully saturated rings. The molecule has 3 rings (SSSR count). The Labute approximate surface area is 125 Å². The highest BCUT2D eigenvalue weighted by atomic mass is 32.2. The molecule has 3 nitrogen and oxygen atoms in total. The lowest BCUT2D eigenvalue weighted by Gasteiger charge is -2.11. The number of hydrogen-bond acceptors (Lipinski definition) is 2. The Bertz CT molecular complexity index is 895.